The SMILES string of the molecule is CCc1nc(Br)cc(NCC(O)c2ccsc2)n1. The van der Waals surface area contributed by atoms with E-state index in [4.69, 9.17) is 0 Å². The standard InChI is InChI=1S/C12H14BrN3OS/c1-2-11-15-10(13)5-12(16-11)14-6-9(17)8-3-4-18-7-8/h3-5,7,9,17H,2,6H2,1H3,(H,14,15,16). The smallest absolute Gasteiger partial charge is 0.131 e. The summed E-state index contributed by atoms with van der Waals surface area (Å²) >= 11 is 4.92. The summed E-state index contributed by atoms with van der Waals surface area (Å²) in [6, 6.07) is 3.73. The van der Waals surface area contributed by atoms with Gasteiger partial charge in [0.1, 0.15) is 16.2 Å². The molecule has 0 aromatic carbocycles. The fourth-order valence-corrected chi connectivity index (χ4v) is 2.63. The third-order valence-corrected chi connectivity index (χ3v) is 3.57. The highest BCUT2D eigenvalue weighted by atomic mass is 79.9. The van der Waals surface area contributed by atoms with Crippen molar-refractivity contribution in [2.24, 2.45) is 0 Å². The second-order valence-electron chi connectivity index (χ2n) is 3.80. The molecule has 0 radical (unpaired) electrons. The van der Waals surface area contributed by atoms with Crippen molar-refractivity contribution >= 4 is 33.1 Å². The van der Waals surface area contributed by atoms with Crippen LogP contribution in [0.3, 0.4) is 0 Å². The van der Waals surface area contributed by atoms with Crippen LogP contribution >= 0.6 is 27.3 Å². The lowest BCUT2D eigenvalue weighted by Gasteiger charge is -2.11. The molecule has 1 unspecified atom stereocenters. The molecule has 0 aliphatic carbocycles. The molecule has 1 atom stereocenters. The Kier molecular flexibility index (Phi) is 4.68. The van der Waals surface area contributed by atoms with E-state index in [-0.39, 0.29) is 0 Å². The zero-order chi connectivity index (χ0) is 13.0. The van der Waals surface area contributed by atoms with Crippen LogP contribution in [0.15, 0.2) is 27.5 Å². The number of aryl methyl sites for hydroxylation is 1. The number of nitrogens with zero attached hydrogens (tertiary/aromatic N) is 2. The van der Waals surface area contributed by atoms with E-state index in [0.717, 1.165) is 28.2 Å². The fourth-order valence-electron chi connectivity index (χ4n) is 1.50. The van der Waals surface area contributed by atoms with E-state index in [2.05, 4.69) is 31.2 Å². The van der Waals surface area contributed by atoms with E-state index in [1.54, 1.807) is 17.4 Å². The van der Waals surface area contributed by atoms with Crippen molar-refractivity contribution in [3.05, 3.63) is 38.9 Å². The van der Waals surface area contributed by atoms with Crippen molar-refractivity contribution in [3.63, 3.8) is 0 Å². The van der Waals surface area contributed by atoms with Crippen molar-refractivity contribution in [1.29, 1.82) is 0 Å². The second-order valence-corrected chi connectivity index (χ2v) is 5.39. The highest BCUT2D eigenvalue weighted by Gasteiger charge is 2.08. The first-order valence-corrected chi connectivity index (χ1v) is 7.40. The highest BCUT2D eigenvalue weighted by molar-refractivity contribution is 9.10. The Bertz CT molecular complexity index is 504. The zero-order valence-electron chi connectivity index (χ0n) is 9.93. The van der Waals surface area contributed by atoms with Gasteiger partial charge in [0.15, 0.2) is 0 Å². The van der Waals surface area contributed by atoms with Crippen LogP contribution in [0.1, 0.15) is 24.4 Å². The van der Waals surface area contributed by atoms with Gasteiger partial charge in [-0.2, -0.15) is 11.3 Å². The molecular formula is C12H14BrN3OS. The minimum absolute atomic E-state index is 0.434. The Balaban J connectivity index is 1.99. The quantitative estimate of drug-likeness (QED) is 0.829. The molecule has 2 N–H and O–H groups in total. The number of thiophene rings is 1. The Morgan fingerprint density at radius 1 is 1.50 bits per heavy atom. The molecule has 18 heavy (non-hydrogen) atoms. The summed E-state index contributed by atoms with van der Waals surface area (Å²) in [5.41, 5.74) is 0.927. The molecule has 4 nitrogen and oxygen atoms in total. The van der Waals surface area contributed by atoms with E-state index in [1.165, 1.54) is 0 Å². The molecular weight excluding hydrogens is 314 g/mol. The number of rotatable bonds is 5. The number of aliphatic hydroxyl groups excluding tert-OH is 1. The minimum Gasteiger partial charge on any atom is -0.387 e. The third kappa shape index (κ3) is 3.51. The van der Waals surface area contributed by atoms with Gasteiger partial charge in [-0.15, -0.1) is 0 Å². The molecule has 6 heteroatoms. The summed E-state index contributed by atoms with van der Waals surface area (Å²) in [7, 11) is 0. The van der Waals surface area contributed by atoms with E-state index in [9.17, 15) is 5.11 Å². The monoisotopic (exact) mass is 327 g/mol. The van der Waals surface area contributed by atoms with Gasteiger partial charge in [0.05, 0.1) is 6.10 Å². The molecule has 0 saturated carbocycles. The number of nitrogens with one attached hydrogen (secondary N) is 1. The lowest BCUT2D eigenvalue weighted by atomic mass is 10.2. The predicted molar refractivity (Wildman–Crippen MR) is 76.9 cm³/mol. The average Bonchev–Trinajstić information content (AvgIpc) is 2.89. The van der Waals surface area contributed by atoms with Crippen LogP contribution in [0, 0.1) is 0 Å². The van der Waals surface area contributed by atoms with Crippen LogP contribution < -0.4 is 5.32 Å². The van der Waals surface area contributed by atoms with Gasteiger partial charge < -0.3 is 10.4 Å². The minimum atomic E-state index is -0.518. The van der Waals surface area contributed by atoms with Crippen LogP contribution in [-0.4, -0.2) is 21.6 Å². The number of aliphatic hydroxyl groups is 1. The second kappa shape index (κ2) is 6.26. The first kappa shape index (κ1) is 13.5. The maximum atomic E-state index is 9.96. The van der Waals surface area contributed by atoms with Crippen molar-refractivity contribution < 1.29 is 5.11 Å². The van der Waals surface area contributed by atoms with Gasteiger partial charge in [-0.1, -0.05) is 6.92 Å². The zero-order valence-corrected chi connectivity index (χ0v) is 12.3. The van der Waals surface area contributed by atoms with Crippen LogP contribution in [0.4, 0.5) is 5.82 Å². The molecule has 2 aromatic heterocycles. The lowest BCUT2D eigenvalue weighted by molar-refractivity contribution is 0.192. The van der Waals surface area contributed by atoms with Crippen molar-refractivity contribution in [1.82, 2.24) is 9.97 Å². The average molecular weight is 328 g/mol. The lowest BCUT2D eigenvalue weighted by Crippen LogP contribution is -2.13. The van der Waals surface area contributed by atoms with Gasteiger partial charge in [-0.05, 0) is 38.3 Å². The number of anilines is 1. The van der Waals surface area contributed by atoms with Crippen LogP contribution in [0.5, 0.6) is 0 Å². The van der Waals surface area contributed by atoms with Gasteiger partial charge in [-0.25, -0.2) is 9.97 Å². The molecule has 0 amide bonds. The molecule has 2 rings (SSSR count). The van der Waals surface area contributed by atoms with Gasteiger partial charge in [-0.3, -0.25) is 0 Å². The Morgan fingerprint density at radius 2 is 2.33 bits per heavy atom. The summed E-state index contributed by atoms with van der Waals surface area (Å²) in [4.78, 5) is 8.58. The molecule has 0 fully saturated rings. The predicted octanol–water partition coefficient (Wildman–Crippen LogP) is 3.01. The number of hydrogen-bond donors (Lipinski definition) is 2. The molecule has 2 aromatic rings. The van der Waals surface area contributed by atoms with E-state index >= 15 is 0 Å². The summed E-state index contributed by atoms with van der Waals surface area (Å²) in [5, 5.41) is 17.0. The molecule has 0 aliphatic heterocycles. The molecule has 0 bridgehead atoms. The fraction of sp³-hybridized carbons (Fsp3) is 0.333. The van der Waals surface area contributed by atoms with Crippen LogP contribution in [0.2, 0.25) is 0 Å². The molecule has 0 aliphatic rings. The summed E-state index contributed by atoms with van der Waals surface area (Å²) in [6.45, 7) is 2.44. The molecule has 2 heterocycles. The van der Waals surface area contributed by atoms with Gasteiger partial charge >= 0.3 is 0 Å². The molecule has 0 saturated heterocycles. The molecule has 0 spiro atoms. The topological polar surface area (TPSA) is 58.0 Å². The first-order chi connectivity index (χ1) is 8.69. The Labute approximate surface area is 118 Å². The van der Waals surface area contributed by atoms with Gasteiger partial charge in [0.25, 0.3) is 0 Å². The first-order valence-electron chi connectivity index (χ1n) is 5.66. The maximum absolute atomic E-state index is 9.96. The summed E-state index contributed by atoms with van der Waals surface area (Å²) < 4.78 is 0.752. The van der Waals surface area contributed by atoms with E-state index in [1.807, 2.05) is 23.8 Å². The third-order valence-electron chi connectivity index (χ3n) is 2.46. The Hall–Kier alpha value is -0.980. The normalized spacial score (nSPS) is 12.4. The van der Waals surface area contributed by atoms with E-state index in [0.29, 0.717) is 6.54 Å². The van der Waals surface area contributed by atoms with E-state index < -0.39 is 6.10 Å². The Morgan fingerprint density at radius 3 is 3.00 bits per heavy atom. The van der Waals surface area contributed by atoms with Gasteiger partial charge in [0, 0.05) is 19.0 Å². The molecule has 96 valence electrons. The number of hydrogen-bond acceptors (Lipinski definition) is 5. The van der Waals surface area contributed by atoms with Gasteiger partial charge in [0.2, 0.25) is 0 Å². The number of halogens is 1. The van der Waals surface area contributed by atoms with Crippen molar-refractivity contribution in [3.8, 4) is 0 Å². The van der Waals surface area contributed by atoms with Crippen molar-refractivity contribution in [2.45, 2.75) is 19.4 Å². The summed E-state index contributed by atoms with van der Waals surface area (Å²) in [6.07, 6.45) is 0.261. The largest absolute Gasteiger partial charge is 0.387 e. The summed E-state index contributed by atoms with van der Waals surface area (Å²) in [5.74, 6) is 1.50. The van der Waals surface area contributed by atoms with Crippen LogP contribution in [-0.2, 0) is 6.42 Å². The van der Waals surface area contributed by atoms with Crippen LogP contribution in [0.25, 0.3) is 0 Å². The maximum Gasteiger partial charge on any atom is 0.131 e. The van der Waals surface area contributed by atoms with Crippen molar-refractivity contribution in [2.75, 3.05) is 11.9 Å². The highest BCUT2D eigenvalue weighted by Crippen LogP contribution is 2.18. The number of aromatic nitrogens is 2.